The summed E-state index contributed by atoms with van der Waals surface area (Å²) in [6.07, 6.45) is 1.45. The zero-order valence-electron chi connectivity index (χ0n) is 11.4. The number of rotatable bonds is 6. The first-order valence-electron chi connectivity index (χ1n) is 6.11. The number of carbonyl (C=O) groups is 1. The van der Waals surface area contributed by atoms with E-state index in [0.29, 0.717) is 6.42 Å². The maximum Gasteiger partial charge on any atom is 0.224 e. The number of hydrogen-bond acceptors (Lipinski definition) is 2. The van der Waals surface area contributed by atoms with Gasteiger partial charge in [0.05, 0.1) is 6.42 Å². The van der Waals surface area contributed by atoms with Crippen molar-refractivity contribution in [3.8, 4) is 0 Å². The van der Waals surface area contributed by atoms with E-state index in [2.05, 4.69) is 28.8 Å². The first-order valence-corrected chi connectivity index (χ1v) is 6.11. The smallest absolute Gasteiger partial charge is 0.224 e. The van der Waals surface area contributed by atoms with E-state index < -0.39 is 0 Å². The molecular formula is C14H23ClN2O. The van der Waals surface area contributed by atoms with E-state index >= 15 is 0 Å². The van der Waals surface area contributed by atoms with Gasteiger partial charge in [0.2, 0.25) is 5.91 Å². The van der Waals surface area contributed by atoms with Crippen LogP contribution in [0.25, 0.3) is 0 Å². The summed E-state index contributed by atoms with van der Waals surface area (Å²) in [6.45, 7) is 5.77. The zero-order valence-corrected chi connectivity index (χ0v) is 12.2. The van der Waals surface area contributed by atoms with Gasteiger partial charge in [-0.1, -0.05) is 23.8 Å². The molecule has 4 heteroatoms. The Morgan fingerprint density at radius 1 is 1.22 bits per heavy atom. The van der Waals surface area contributed by atoms with Crippen molar-refractivity contribution < 1.29 is 4.79 Å². The van der Waals surface area contributed by atoms with Gasteiger partial charge in [0.25, 0.3) is 0 Å². The van der Waals surface area contributed by atoms with E-state index in [1.54, 1.807) is 0 Å². The van der Waals surface area contributed by atoms with Crippen molar-refractivity contribution in [3.05, 3.63) is 34.9 Å². The van der Waals surface area contributed by atoms with Gasteiger partial charge >= 0.3 is 0 Å². The molecule has 0 spiro atoms. The molecule has 0 heterocycles. The molecule has 1 aromatic carbocycles. The molecule has 1 amide bonds. The lowest BCUT2D eigenvalue weighted by molar-refractivity contribution is -0.120. The van der Waals surface area contributed by atoms with Gasteiger partial charge in [-0.3, -0.25) is 4.79 Å². The highest BCUT2D eigenvalue weighted by Gasteiger charge is 2.05. The summed E-state index contributed by atoms with van der Waals surface area (Å²) in [5.74, 6) is 0.106. The summed E-state index contributed by atoms with van der Waals surface area (Å²) in [7, 11) is 1.91. The molecule has 0 aromatic heterocycles. The van der Waals surface area contributed by atoms with Crippen molar-refractivity contribution in [3.63, 3.8) is 0 Å². The Morgan fingerprint density at radius 3 is 2.61 bits per heavy atom. The number of aryl methyl sites for hydroxylation is 2. The van der Waals surface area contributed by atoms with Crippen molar-refractivity contribution in [2.45, 2.75) is 26.7 Å². The molecule has 0 saturated heterocycles. The zero-order chi connectivity index (χ0) is 12.7. The highest BCUT2D eigenvalue weighted by molar-refractivity contribution is 5.85. The van der Waals surface area contributed by atoms with Crippen LogP contribution in [0.4, 0.5) is 0 Å². The fraction of sp³-hybridized carbons (Fsp3) is 0.500. The molecule has 0 fully saturated rings. The van der Waals surface area contributed by atoms with Crippen LogP contribution in [0.5, 0.6) is 0 Å². The molecule has 0 aliphatic carbocycles. The second-order valence-electron chi connectivity index (χ2n) is 4.41. The normalized spacial score (nSPS) is 9.72. The van der Waals surface area contributed by atoms with Gasteiger partial charge in [-0.25, -0.2) is 0 Å². The number of nitrogens with one attached hydrogen (secondary N) is 2. The maximum absolute atomic E-state index is 11.7. The molecule has 1 rings (SSSR count). The fourth-order valence-electron chi connectivity index (χ4n) is 1.72. The van der Waals surface area contributed by atoms with E-state index in [1.165, 1.54) is 11.1 Å². The maximum atomic E-state index is 11.7. The van der Waals surface area contributed by atoms with Crippen LogP contribution in [-0.2, 0) is 11.2 Å². The second kappa shape index (κ2) is 8.95. The second-order valence-corrected chi connectivity index (χ2v) is 4.41. The van der Waals surface area contributed by atoms with Gasteiger partial charge in [-0.05, 0) is 45.0 Å². The van der Waals surface area contributed by atoms with E-state index in [1.807, 2.05) is 20.9 Å². The molecule has 102 valence electrons. The van der Waals surface area contributed by atoms with Crippen LogP contribution in [0.3, 0.4) is 0 Å². The Hall–Kier alpha value is -1.06. The monoisotopic (exact) mass is 270 g/mol. The lowest BCUT2D eigenvalue weighted by atomic mass is 10.0. The van der Waals surface area contributed by atoms with E-state index in [9.17, 15) is 4.79 Å². The SMILES string of the molecule is CNCCCNC(=O)Cc1cc(C)ccc1C.Cl. The molecule has 2 N–H and O–H groups in total. The first kappa shape index (κ1) is 16.9. The highest BCUT2D eigenvalue weighted by Crippen LogP contribution is 2.11. The van der Waals surface area contributed by atoms with Crippen LogP contribution in [-0.4, -0.2) is 26.0 Å². The summed E-state index contributed by atoms with van der Waals surface area (Å²) in [5, 5.41) is 5.99. The number of benzene rings is 1. The summed E-state index contributed by atoms with van der Waals surface area (Å²) in [4.78, 5) is 11.7. The molecule has 0 bridgehead atoms. The molecule has 0 saturated carbocycles. The van der Waals surface area contributed by atoms with Gasteiger partial charge in [0, 0.05) is 6.54 Å². The molecule has 0 radical (unpaired) electrons. The average Bonchev–Trinajstić information content (AvgIpc) is 2.29. The minimum absolute atomic E-state index is 0. The summed E-state index contributed by atoms with van der Waals surface area (Å²) < 4.78 is 0. The van der Waals surface area contributed by atoms with Crippen molar-refractivity contribution >= 4 is 18.3 Å². The highest BCUT2D eigenvalue weighted by atomic mass is 35.5. The van der Waals surface area contributed by atoms with E-state index in [-0.39, 0.29) is 18.3 Å². The van der Waals surface area contributed by atoms with Gasteiger partial charge < -0.3 is 10.6 Å². The topological polar surface area (TPSA) is 41.1 Å². The van der Waals surface area contributed by atoms with E-state index in [4.69, 9.17) is 0 Å². The molecule has 0 aliphatic rings. The van der Waals surface area contributed by atoms with E-state index in [0.717, 1.165) is 25.1 Å². The third-order valence-corrected chi connectivity index (χ3v) is 2.78. The van der Waals surface area contributed by atoms with Crippen molar-refractivity contribution in [2.75, 3.05) is 20.1 Å². The Labute approximate surface area is 116 Å². The Morgan fingerprint density at radius 2 is 1.94 bits per heavy atom. The quantitative estimate of drug-likeness (QED) is 0.777. The van der Waals surface area contributed by atoms with Gasteiger partial charge in [-0.2, -0.15) is 0 Å². The van der Waals surface area contributed by atoms with Crippen LogP contribution < -0.4 is 10.6 Å². The van der Waals surface area contributed by atoms with Crippen LogP contribution in [0, 0.1) is 13.8 Å². The summed E-state index contributed by atoms with van der Waals surface area (Å²) in [6, 6.07) is 6.23. The summed E-state index contributed by atoms with van der Waals surface area (Å²) in [5.41, 5.74) is 3.51. The Bertz CT molecular complexity index is 380. The predicted molar refractivity (Wildman–Crippen MR) is 78.4 cm³/mol. The number of hydrogen-bond donors (Lipinski definition) is 2. The first-order chi connectivity index (χ1) is 8.13. The lowest BCUT2D eigenvalue weighted by Gasteiger charge is -2.08. The molecular weight excluding hydrogens is 248 g/mol. The molecule has 18 heavy (non-hydrogen) atoms. The molecule has 1 aromatic rings. The minimum Gasteiger partial charge on any atom is -0.356 e. The number of carbonyl (C=O) groups excluding carboxylic acids is 1. The standard InChI is InChI=1S/C14H22N2O.ClH/c1-11-5-6-12(2)13(9-11)10-14(17)16-8-4-7-15-3;/h5-6,9,15H,4,7-8,10H2,1-3H3,(H,16,17);1H. The number of halogens is 1. The molecule has 0 aliphatic heterocycles. The largest absolute Gasteiger partial charge is 0.356 e. The van der Waals surface area contributed by atoms with Crippen LogP contribution in [0.2, 0.25) is 0 Å². The molecule has 0 unspecified atom stereocenters. The van der Waals surface area contributed by atoms with Crippen LogP contribution in [0.1, 0.15) is 23.1 Å². The molecule has 0 atom stereocenters. The van der Waals surface area contributed by atoms with Crippen molar-refractivity contribution in [1.29, 1.82) is 0 Å². The number of amides is 1. The van der Waals surface area contributed by atoms with Crippen LogP contribution in [0.15, 0.2) is 18.2 Å². The average molecular weight is 271 g/mol. The van der Waals surface area contributed by atoms with Gasteiger partial charge in [0.1, 0.15) is 0 Å². The third kappa shape index (κ3) is 6.03. The third-order valence-electron chi connectivity index (χ3n) is 2.78. The Kier molecular flexibility index (Phi) is 8.42. The lowest BCUT2D eigenvalue weighted by Crippen LogP contribution is -2.28. The van der Waals surface area contributed by atoms with Gasteiger partial charge in [-0.15, -0.1) is 12.4 Å². The van der Waals surface area contributed by atoms with Gasteiger partial charge in [0.15, 0.2) is 0 Å². The van der Waals surface area contributed by atoms with Crippen molar-refractivity contribution in [1.82, 2.24) is 10.6 Å². The predicted octanol–water partition coefficient (Wildman–Crippen LogP) is 1.99. The fourth-order valence-corrected chi connectivity index (χ4v) is 1.72. The minimum atomic E-state index is 0. The molecule has 3 nitrogen and oxygen atoms in total. The summed E-state index contributed by atoms with van der Waals surface area (Å²) >= 11 is 0. The Balaban J connectivity index is 0.00000289. The van der Waals surface area contributed by atoms with Crippen LogP contribution >= 0.6 is 12.4 Å². The van der Waals surface area contributed by atoms with Crippen molar-refractivity contribution in [2.24, 2.45) is 0 Å².